The molecular weight excluding hydrogens is 497 g/mol. The van der Waals surface area contributed by atoms with Crippen molar-refractivity contribution in [2.24, 2.45) is 0 Å². The monoisotopic (exact) mass is 528 g/mol. The summed E-state index contributed by atoms with van der Waals surface area (Å²) in [4.78, 5) is 29.5. The number of nitrogens with zero attached hydrogens (tertiary/aromatic N) is 5. The Labute approximate surface area is 218 Å². The van der Waals surface area contributed by atoms with Crippen LogP contribution in [0, 0.1) is 12.7 Å². The zero-order valence-corrected chi connectivity index (χ0v) is 22.0. The third kappa shape index (κ3) is 4.32. The molecule has 2 saturated heterocycles. The van der Waals surface area contributed by atoms with Crippen LogP contribution in [-0.4, -0.2) is 61.6 Å². The zero-order valence-electron chi connectivity index (χ0n) is 22.0. The van der Waals surface area contributed by atoms with Crippen molar-refractivity contribution in [2.45, 2.75) is 70.7 Å². The van der Waals surface area contributed by atoms with Crippen molar-refractivity contribution in [1.29, 1.82) is 0 Å². The van der Waals surface area contributed by atoms with Crippen LogP contribution in [0.25, 0.3) is 11.0 Å². The molecule has 0 radical (unpaired) electrons. The minimum atomic E-state index is -3.79. The van der Waals surface area contributed by atoms with Crippen molar-refractivity contribution in [1.82, 2.24) is 19.9 Å². The van der Waals surface area contributed by atoms with E-state index in [0.717, 1.165) is 32.0 Å². The minimum Gasteiger partial charge on any atom is -0.384 e. The molecule has 0 aliphatic carbocycles. The van der Waals surface area contributed by atoms with Crippen LogP contribution in [-0.2, 0) is 10.7 Å². The number of piperazine rings is 1. The highest BCUT2D eigenvalue weighted by Gasteiger charge is 2.49. The van der Waals surface area contributed by atoms with Crippen LogP contribution in [0.3, 0.4) is 0 Å². The van der Waals surface area contributed by atoms with Crippen molar-refractivity contribution >= 4 is 28.4 Å². The lowest BCUT2D eigenvalue weighted by atomic mass is 9.91. The summed E-state index contributed by atoms with van der Waals surface area (Å²) in [5, 5.41) is 13.7. The number of benzene rings is 1. The molecule has 2 aliphatic heterocycles. The molecule has 8 nitrogen and oxygen atoms in total. The van der Waals surface area contributed by atoms with Crippen molar-refractivity contribution < 1.29 is 23.1 Å². The predicted molar refractivity (Wildman–Crippen MR) is 138 cm³/mol. The van der Waals surface area contributed by atoms with E-state index in [1.807, 2.05) is 11.0 Å². The quantitative estimate of drug-likeness (QED) is 0.492. The molecule has 38 heavy (non-hydrogen) atoms. The number of anilines is 2. The molecule has 3 aromatic rings. The van der Waals surface area contributed by atoms with Gasteiger partial charge in [-0.2, -0.15) is 8.78 Å². The smallest absolute Gasteiger partial charge is 0.303 e. The van der Waals surface area contributed by atoms with Gasteiger partial charge in [0.15, 0.2) is 5.65 Å². The summed E-state index contributed by atoms with van der Waals surface area (Å²) in [7, 11) is 0. The summed E-state index contributed by atoms with van der Waals surface area (Å²) < 4.78 is 45.0. The number of alkyl halides is 2. The number of hydrogen-bond acceptors (Lipinski definition) is 7. The molecule has 5 rings (SSSR count). The highest BCUT2D eigenvalue weighted by molar-refractivity contribution is 5.89. The second kappa shape index (κ2) is 9.07. The predicted octanol–water partition coefficient (Wildman–Crippen LogP) is 4.32. The summed E-state index contributed by atoms with van der Waals surface area (Å²) in [6, 6.07) is 5.31. The maximum Gasteiger partial charge on any atom is 0.303 e. The molecule has 2 aliphatic rings. The number of carbonyl (C=O) groups excluding carboxylic acids is 1. The van der Waals surface area contributed by atoms with Crippen LogP contribution in [0.15, 0.2) is 30.5 Å². The molecule has 1 aromatic carbocycles. The van der Waals surface area contributed by atoms with Gasteiger partial charge in [-0.15, -0.1) is 0 Å². The third-order valence-electron chi connectivity index (χ3n) is 7.58. The van der Waals surface area contributed by atoms with Gasteiger partial charge in [0.2, 0.25) is 5.91 Å². The summed E-state index contributed by atoms with van der Waals surface area (Å²) in [5.74, 6) is -3.95. The number of aryl methyl sites for hydroxylation is 1. The minimum absolute atomic E-state index is 0.0149. The maximum atomic E-state index is 15.4. The first kappa shape index (κ1) is 26.1. The molecule has 2 fully saturated rings. The van der Waals surface area contributed by atoms with E-state index < -0.39 is 28.9 Å². The second-order valence-electron chi connectivity index (χ2n) is 10.8. The Hall–Kier alpha value is -3.47. The molecule has 11 heteroatoms. The fourth-order valence-corrected chi connectivity index (χ4v) is 5.49. The van der Waals surface area contributed by atoms with E-state index in [0.29, 0.717) is 35.8 Å². The lowest BCUT2D eigenvalue weighted by molar-refractivity contribution is -0.170. The number of fused-ring (bicyclic) bond motifs is 3. The molecule has 0 unspecified atom stereocenters. The SMILES string of the molecule is CC(=O)N1C[C@@H]2C[C@H]1CN2c1cnc2nc(C)nc(N[C@H](C)c3cccc(C(F)(F)C(C)(C)O)c3F)c2c1. The Bertz CT molecular complexity index is 1410. The fourth-order valence-electron chi connectivity index (χ4n) is 5.49. The van der Waals surface area contributed by atoms with Crippen LogP contribution < -0.4 is 10.2 Å². The largest absolute Gasteiger partial charge is 0.384 e. The number of halogens is 3. The molecule has 2 N–H and O–H groups in total. The Balaban J connectivity index is 1.47. The van der Waals surface area contributed by atoms with E-state index in [1.165, 1.54) is 12.1 Å². The van der Waals surface area contributed by atoms with E-state index in [2.05, 4.69) is 25.2 Å². The summed E-state index contributed by atoms with van der Waals surface area (Å²) in [6.07, 6.45) is 2.65. The van der Waals surface area contributed by atoms with E-state index in [4.69, 9.17) is 0 Å². The van der Waals surface area contributed by atoms with Gasteiger partial charge in [0.1, 0.15) is 23.1 Å². The fraction of sp³-hybridized carbons (Fsp3) is 0.481. The van der Waals surface area contributed by atoms with Gasteiger partial charge < -0.3 is 20.2 Å². The number of hydrogen-bond donors (Lipinski definition) is 2. The lowest BCUT2D eigenvalue weighted by Gasteiger charge is -2.35. The zero-order chi connectivity index (χ0) is 27.6. The number of aliphatic hydroxyl groups is 1. The first-order chi connectivity index (χ1) is 17.8. The first-order valence-corrected chi connectivity index (χ1v) is 12.6. The van der Waals surface area contributed by atoms with Gasteiger partial charge in [-0.05, 0) is 46.2 Å². The molecule has 1 amide bonds. The van der Waals surface area contributed by atoms with Crippen molar-refractivity contribution in [3.05, 3.63) is 53.2 Å². The molecular formula is C27H31F3N6O2. The van der Waals surface area contributed by atoms with Crippen LogP contribution in [0.1, 0.15) is 57.1 Å². The number of nitrogens with one attached hydrogen (secondary N) is 1. The maximum absolute atomic E-state index is 15.4. The van der Waals surface area contributed by atoms with Crippen molar-refractivity contribution in [2.75, 3.05) is 23.3 Å². The van der Waals surface area contributed by atoms with Crippen molar-refractivity contribution in [3.8, 4) is 0 Å². The van der Waals surface area contributed by atoms with Gasteiger partial charge in [0.25, 0.3) is 0 Å². The number of likely N-dealkylation sites (tertiary alicyclic amines) is 1. The average molecular weight is 529 g/mol. The van der Waals surface area contributed by atoms with Crippen LogP contribution >= 0.6 is 0 Å². The second-order valence-corrected chi connectivity index (χ2v) is 10.8. The van der Waals surface area contributed by atoms with Gasteiger partial charge in [-0.25, -0.2) is 19.3 Å². The van der Waals surface area contributed by atoms with E-state index in [-0.39, 0.29) is 23.6 Å². The van der Waals surface area contributed by atoms with Gasteiger partial charge >= 0.3 is 5.92 Å². The van der Waals surface area contributed by atoms with Crippen LogP contribution in [0.4, 0.5) is 24.7 Å². The van der Waals surface area contributed by atoms with E-state index >= 15 is 4.39 Å². The third-order valence-corrected chi connectivity index (χ3v) is 7.58. The Morgan fingerprint density at radius 3 is 2.58 bits per heavy atom. The standard InChI is InChI=1S/C27H31F3N6O2/c1-14(20-7-6-8-22(23(20)28)27(29,30)26(4,5)38)32-25-21-10-17(11-31-24(21)33-15(2)34-25)36-13-18-9-19(36)12-35(18)16(3)37/h6-8,10-11,14,18-19,38H,9,12-13H2,1-5H3,(H,31,32,33,34)/t14-,18+,19+/m1/s1. The van der Waals surface area contributed by atoms with Gasteiger partial charge in [0.05, 0.1) is 34.9 Å². The topological polar surface area (TPSA) is 94.5 Å². The molecule has 3 atom stereocenters. The normalized spacial score (nSPS) is 20.3. The summed E-state index contributed by atoms with van der Waals surface area (Å²) >= 11 is 0. The van der Waals surface area contributed by atoms with Crippen LogP contribution in [0.5, 0.6) is 0 Å². The molecule has 4 heterocycles. The molecule has 2 aromatic heterocycles. The van der Waals surface area contributed by atoms with Gasteiger partial charge in [-0.1, -0.05) is 12.1 Å². The number of carbonyl (C=O) groups is 1. The first-order valence-electron chi connectivity index (χ1n) is 12.6. The highest BCUT2D eigenvalue weighted by Crippen LogP contribution is 2.42. The Kier molecular flexibility index (Phi) is 6.24. The Morgan fingerprint density at radius 2 is 1.95 bits per heavy atom. The van der Waals surface area contributed by atoms with Crippen LogP contribution in [0.2, 0.25) is 0 Å². The average Bonchev–Trinajstić information content (AvgIpc) is 3.44. The number of pyridine rings is 1. The number of aromatic nitrogens is 3. The van der Waals surface area contributed by atoms with Crippen molar-refractivity contribution in [3.63, 3.8) is 0 Å². The number of amides is 1. The van der Waals surface area contributed by atoms with E-state index in [1.54, 1.807) is 27.0 Å². The summed E-state index contributed by atoms with van der Waals surface area (Å²) in [6.45, 7) is 8.22. The lowest BCUT2D eigenvalue weighted by Crippen LogP contribution is -2.48. The number of rotatable bonds is 6. The van der Waals surface area contributed by atoms with Gasteiger partial charge in [-0.3, -0.25) is 4.79 Å². The molecule has 202 valence electrons. The summed E-state index contributed by atoms with van der Waals surface area (Å²) in [5.41, 5.74) is -1.97. The Morgan fingerprint density at radius 1 is 1.21 bits per heavy atom. The highest BCUT2D eigenvalue weighted by atomic mass is 19.3. The van der Waals surface area contributed by atoms with Gasteiger partial charge in [0, 0.05) is 31.6 Å². The van der Waals surface area contributed by atoms with E-state index in [9.17, 15) is 18.7 Å². The molecule has 0 spiro atoms. The molecule has 2 bridgehead atoms. The molecule has 0 saturated carbocycles.